The molecule has 0 spiro atoms. The SMILES string of the molecule is C[C@H](NC(=O)C(C)(C)Br)C(N)=O. The highest BCUT2D eigenvalue weighted by Gasteiger charge is 2.25. The molecule has 12 heavy (non-hydrogen) atoms. The molecule has 0 rings (SSSR count). The number of hydrogen-bond donors (Lipinski definition) is 2. The molecule has 3 N–H and O–H groups in total. The molecule has 0 aromatic carbocycles. The Kier molecular flexibility index (Phi) is 3.70. The molecule has 0 bridgehead atoms. The second-order valence-electron chi connectivity index (χ2n) is 3.07. The van der Waals surface area contributed by atoms with E-state index in [4.69, 9.17) is 5.73 Å². The lowest BCUT2D eigenvalue weighted by molar-refractivity contribution is -0.127. The summed E-state index contributed by atoms with van der Waals surface area (Å²) in [5.74, 6) is -0.797. The number of hydrogen-bond acceptors (Lipinski definition) is 2. The van der Waals surface area contributed by atoms with Gasteiger partial charge in [0.1, 0.15) is 6.04 Å². The summed E-state index contributed by atoms with van der Waals surface area (Å²) in [5.41, 5.74) is 4.96. The van der Waals surface area contributed by atoms with Gasteiger partial charge in [-0.05, 0) is 20.8 Å². The van der Waals surface area contributed by atoms with Crippen LogP contribution >= 0.6 is 15.9 Å². The summed E-state index contributed by atoms with van der Waals surface area (Å²) in [6.07, 6.45) is 0. The third kappa shape index (κ3) is 3.71. The van der Waals surface area contributed by atoms with Crippen LogP contribution in [0, 0.1) is 0 Å². The Morgan fingerprint density at radius 3 is 2.17 bits per heavy atom. The average Bonchev–Trinajstić information content (AvgIpc) is 1.85. The summed E-state index contributed by atoms with van der Waals surface area (Å²) in [5, 5.41) is 2.46. The smallest absolute Gasteiger partial charge is 0.239 e. The topological polar surface area (TPSA) is 72.2 Å². The molecule has 0 aliphatic heterocycles. The van der Waals surface area contributed by atoms with E-state index >= 15 is 0 Å². The molecule has 0 aliphatic rings. The highest BCUT2D eigenvalue weighted by atomic mass is 79.9. The van der Waals surface area contributed by atoms with E-state index < -0.39 is 16.3 Å². The predicted octanol–water partition coefficient (Wildman–Crippen LogP) is 0.150. The second kappa shape index (κ2) is 3.89. The number of rotatable bonds is 3. The lowest BCUT2D eigenvalue weighted by Crippen LogP contribution is -2.47. The molecule has 0 fully saturated rings. The number of carbonyl (C=O) groups excluding carboxylic acids is 2. The Bertz CT molecular complexity index is 198. The maximum Gasteiger partial charge on any atom is 0.239 e. The molecule has 0 saturated heterocycles. The van der Waals surface area contributed by atoms with Gasteiger partial charge in [-0.1, -0.05) is 15.9 Å². The van der Waals surface area contributed by atoms with Gasteiger partial charge in [0.2, 0.25) is 11.8 Å². The van der Waals surface area contributed by atoms with Crippen LogP contribution in [0.2, 0.25) is 0 Å². The number of nitrogens with one attached hydrogen (secondary N) is 1. The fourth-order valence-corrected chi connectivity index (χ4v) is 0.554. The molecule has 0 aromatic heterocycles. The quantitative estimate of drug-likeness (QED) is 0.686. The van der Waals surface area contributed by atoms with Crippen LogP contribution in [0.3, 0.4) is 0 Å². The summed E-state index contributed by atoms with van der Waals surface area (Å²) < 4.78 is -0.670. The first-order valence-corrected chi connectivity index (χ1v) is 4.33. The molecule has 5 heteroatoms. The first-order chi connectivity index (χ1) is 5.25. The van der Waals surface area contributed by atoms with Crippen LogP contribution in [-0.2, 0) is 9.59 Å². The van der Waals surface area contributed by atoms with Gasteiger partial charge in [-0.3, -0.25) is 9.59 Å². The van der Waals surface area contributed by atoms with Crippen molar-refractivity contribution in [3.63, 3.8) is 0 Å². The van der Waals surface area contributed by atoms with Crippen molar-refractivity contribution in [2.75, 3.05) is 0 Å². The molecule has 4 nitrogen and oxygen atoms in total. The average molecular weight is 237 g/mol. The first kappa shape index (κ1) is 11.4. The molecule has 0 saturated carbocycles. The van der Waals surface area contributed by atoms with Crippen LogP contribution in [-0.4, -0.2) is 22.2 Å². The molecule has 0 radical (unpaired) electrons. The maximum atomic E-state index is 11.2. The van der Waals surface area contributed by atoms with Crippen molar-refractivity contribution in [1.82, 2.24) is 5.32 Å². The summed E-state index contributed by atoms with van der Waals surface area (Å²) in [4.78, 5) is 21.8. The highest BCUT2D eigenvalue weighted by Crippen LogP contribution is 2.15. The van der Waals surface area contributed by atoms with Gasteiger partial charge in [0.25, 0.3) is 0 Å². The number of alkyl halides is 1. The van der Waals surface area contributed by atoms with Crippen LogP contribution in [0.1, 0.15) is 20.8 Å². The molecular formula is C7H13BrN2O2. The van der Waals surface area contributed by atoms with Gasteiger partial charge in [-0.2, -0.15) is 0 Å². The monoisotopic (exact) mass is 236 g/mol. The summed E-state index contributed by atoms with van der Waals surface area (Å²) in [6, 6.07) is -0.630. The van der Waals surface area contributed by atoms with Gasteiger partial charge in [-0.25, -0.2) is 0 Å². The zero-order valence-corrected chi connectivity index (χ0v) is 8.94. The third-order valence-corrected chi connectivity index (χ3v) is 1.67. The van der Waals surface area contributed by atoms with Crippen LogP contribution in [0.25, 0.3) is 0 Å². The van der Waals surface area contributed by atoms with E-state index in [0.29, 0.717) is 0 Å². The van der Waals surface area contributed by atoms with Crippen molar-refractivity contribution in [3.05, 3.63) is 0 Å². The Morgan fingerprint density at radius 1 is 1.50 bits per heavy atom. The first-order valence-electron chi connectivity index (χ1n) is 3.54. The van der Waals surface area contributed by atoms with Crippen molar-refractivity contribution in [3.8, 4) is 0 Å². The Labute approximate surface area is 80.0 Å². The van der Waals surface area contributed by atoms with E-state index in [1.54, 1.807) is 20.8 Å². The Morgan fingerprint density at radius 2 is 1.92 bits per heavy atom. The lowest BCUT2D eigenvalue weighted by Gasteiger charge is -2.18. The normalized spacial score (nSPS) is 13.7. The Balaban J connectivity index is 4.11. The van der Waals surface area contributed by atoms with Gasteiger partial charge in [0.05, 0.1) is 4.32 Å². The van der Waals surface area contributed by atoms with Gasteiger partial charge in [0, 0.05) is 0 Å². The van der Waals surface area contributed by atoms with Crippen LogP contribution in [0.4, 0.5) is 0 Å². The molecular weight excluding hydrogens is 224 g/mol. The number of nitrogens with two attached hydrogens (primary N) is 1. The lowest BCUT2D eigenvalue weighted by atomic mass is 10.2. The number of carbonyl (C=O) groups is 2. The minimum Gasteiger partial charge on any atom is -0.368 e. The van der Waals surface area contributed by atoms with E-state index in [9.17, 15) is 9.59 Å². The molecule has 2 amide bonds. The fourth-order valence-electron chi connectivity index (χ4n) is 0.439. The van der Waals surface area contributed by atoms with E-state index in [0.717, 1.165) is 0 Å². The maximum absolute atomic E-state index is 11.2. The fraction of sp³-hybridized carbons (Fsp3) is 0.714. The van der Waals surface area contributed by atoms with Crippen molar-refractivity contribution in [2.24, 2.45) is 5.73 Å². The van der Waals surface area contributed by atoms with Gasteiger partial charge in [0.15, 0.2) is 0 Å². The molecule has 0 aliphatic carbocycles. The van der Waals surface area contributed by atoms with Gasteiger partial charge < -0.3 is 11.1 Å². The zero-order valence-electron chi connectivity index (χ0n) is 7.35. The Hall–Kier alpha value is -0.580. The van der Waals surface area contributed by atoms with Crippen molar-refractivity contribution >= 4 is 27.7 Å². The predicted molar refractivity (Wildman–Crippen MR) is 49.8 cm³/mol. The molecule has 0 heterocycles. The van der Waals surface area contributed by atoms with Gasteiger partial charge >= 0.3 is 0 Å². The van der Waals surface area contributed by atoms with E-state index in [1.165, 1.54) is 0 Å². The number of primary amides is 1. The van der Waals surface area contributed by atoms with Crippen LogP contribution in [0.15, 0.2) is 0 Å². The molecule has 0 aromatic rings. The summed E-state index contributed by atoms with van der Waals surface area (Å²) in [6.45, 7) is 4.92. The van der Waals surface area contributed by atoms with Gasteiger partial charge in [-0.15, -0.1) is 0 Å². The summed E-state index contributed by atoms with van der Waals surface area (Å²) in [7, 11) is 0. The van der Waals surface area contributed by atoms with Crippen LogP contribution < -0.4 is 11.1 Å². The minimum atomic E-state index is -0.670. The second-order valence-corrected chi connectivity index (χ2v) is 5.05. The van der Waals surface area contributed by atoms with E-state index in [1.807, 2.05) is 0 Å². The third-order valence-electron chi connectivity index (χ3n) is 1.31. The highest BCUT2D eigenvalue weighted by molar-refractivity contribution is 9.10. The van der Waals surface area contributed by atoms with Crippen LogP contribution in [0.5, 0.6) is 0 Å². The zero-order chi connectivity index (χ0) is 9.94. The van der Waals surface area contributed by atoms with Crippen molar-refractivity contribution in [2.45, 2.75) is 31.1 Å². The molecule has 70 valence electrons. The summed E-state index contributed by atoms with van der Waals surface area (Å²) >= 11 is 3.16. The minimum absolute atomic E-state index is 0.256. The number of halogens is 1. The van der Waals surface area contributed by atoms with Crippen molar-refractivity contribution < 1.29 is 9.59 Å². The molecule has 0 unspecified atom stereocenters. The van der Waals surface area contributed by atoms with E-state index in [2.05, 4.69) is 21.2 Å². The van der Waals surface area contributed by atoms with Crippen molar-refractivity contribution in [1.29, 1.82) is 0 Å². The molecule has 1 atom stereocenters. The largest absolute Gasteiger partial charge is 0.368 e. The standard InChI is InChI=1S/C7H13BrN2O2/c1-4(5(9)11)10-6(12)7(2,3)8/h4H,1-3H3,(H2,9,11)(H,10,12)/t4-/m0/s1. The van der Waals surface area contributed by atoms with E-state index in [-0.39, 0.29) is 5.91 Å². The number of amides is 2.